The summed E-state index contributed by atoms with van der Waals surface area (Å²) >= 11 is 0. The number of fused-ring (bicyclic) bond motifs is 3. The SMILES string of the molecule is C1COC(CC23OCC(CO2)CO3)CN1. The van der Waals surface area contributed by atoms with E-state index in [4.69, 9.17) is 18.9 Å². The van der Waals surface area contributed by atoms with Crippen LogP contribution in [0.5, 0.6) is 0 Å². The first-order valence-corrected chi connectivity index (χ1v) is 5.60. The Hall–Kier alpha value is -0.200. The Bertz CT molecular complexity index is 208. The van der Waals surface area contributed by atoms with E-state index in [1.54, 1.807) is 0 Å². The topological polar surface area (TPSA) is 49.0 Å². The Morgan fingerprint density at radius 2 is 1.87 bits per heavy atom. The van der Waals surface area contributed by atoms with Crippen LogP contribution in [0.25, 0.3) is 0 Å². The first-order valence-electron chi connectivity index (χ1n) is 5.60. The van der Waals surface area contributed by atoms with Crippen LogP contribution < -0.4 is 5.32 Å². The Morgan fingerprint density at radius 1 is 1.13 bits per heavy atom. The molecule has 0 spiro atoms. The summed E-state index contributed by atoms with van der Waals surface area (Å²) < 4.78 is 22.5. The van der Waals surface area contributed by atoms with E-state index in [-0.39, 0.29) is 6.10 Å². The molecule has 4 fully saturated rings. The molecular weight excluding hydrogens is 198 g/mol. The lowest BCUT2D eigenvalue weighted by molar-refractivity contribution is -0.454. The number of ether oxygens (including phenoxy) is 4. The summed E-state index contributed by atoms with van der Waals surface area (Å²) in [5.74, 6) is -0.407. The minimum Gasteiger partial charge on any atom is -0.375 e. The van der Waals surface area contributed by atoms with Crippen LogP contribution in [0.4, 0.5) is 0 Å². The van der Waals surface area contributed by atoms with Gasteiger partial charge in [0.2, 0.25) is 0 Å². The fourth-order valence-corrected chi connectivity index (χ4v) is 2.21. The molecule has 0 amide bonds. The van der Waals surface area contributed by atoms with Crippen LogP contribution in [0, 0.1) is 5.92 Å². The molecule has 5 heteroatoms. The van der Waals surface area contributed by atoms with Crippen molar-refractivity contribution in [3.05, 3.63) is 0 Å². The molecule has 4 aliphatic heterocycles. The van der Waals surface area contributed by atoms with E-state index in [0.29, 0.717) is 12.3 Å². The van der Waals surface area contributed by atoms with Crippen LogP contribution in [-0.2, 0) is 18.9 Å². The fourth-order valence-electron chi connectivity index (χ4n) is 2.21. The highest BCUT2D eigenvalue weighted by atomic mass is 16.9. The molecule has 0 aromatic rings. The second kappa shape index (κ2) is 3.99. The largest absolute Gasteiger partial charge is 0.375 e. The Morgan fingerprint density at radius 3 is 2.47 bits per heavy atom. The molecule has 86 valence electrons. The Labute approximate surface area is 89.0 Å². The van der Waals surface area contributed by atoms with E-state index >= 15 is 0 Å². The molecular formula is C10H17NO4. The molecule has 4 aliphatic rings. The van der Waals surface area contributed by atoms with Crippen LogP contribution in [-0.4, -0.2) is 51.6 Å². The summed E-state index contributed by atoms with van der Waals surface area (Å²) in [6, 6.07) is 0. The van der Waals surface area contributed by atoms with Crippen LogP contribution in [0.1, 0.15) is 6.42 Å². The van der Waals surface area contributed by atoms with Gasteiger partial charge in [0.1, 0.15) is 0 Å². The monoisotopic (exact) mass is 215 g/mol. The second-order valence-corrected chi connectivity index (χ2v) is 4.38. The maximum Gasteiger partial charge on any atom is 0.285 e. The lowest BCUT2D eigenvalue weighted by atomic mass is 10.1. The maximum absolute atomic E-state index is 5.62. The zero-order valence-corrected chi connectivity index (χ0v) is 8.74. The zero-order valence-electron chi connectivity index (χ0n) is 8.74. The first kappa shape index (κ1) is 9.99. The minimum absolute atomic E-state index is 0.133. The first-order chi connectivity index (χ1) is 7.36. The highest BCUT2D eigenvalue weighted by Gasteiger charge is 2.46. The smallest absolute Gasteiger partial charge is 0.285 e. The number of morpholine rings is 1. The molecule has 2 bridgehead atoms. The van der Waals surface area contributed by atoms with Gasteiger partial charge < -0.3 is 24.3 Å². The van der Waals surface area contributed by atoms with Gasteiger partial charge >= 0.3 is 0 Å². The standard InChI is InChI=1S/C10H17NO4/c1-2-12-9(4-11-1)3-10-13-5-8(6-14-10)7-15-10/h8-9,11H,1-7H2. The lowest BCUT2D eigenvalue weighted by Gasteiger charge is -2.46. The molecule has 0 radical (unpaired) electrons. The summed E-state index contributed by atoms with van der Waals surface area (Å²) in [4.78, 5) is 0. The van der Waals surface area contributed by atoms with Gasteiger partial charge in [-0.15, -0.1) is 0 Å². The average Bonchev–Trinajstić information content (AvgIpc) is 2.32. The Balaban J connectivity index is 1.60. The van der Waals surface area contributed by atoms with Crippen molar-refractivity contribution >= 4 is 0 Å². The third kappa shape index (κ3) is 2.03. The van der Waals surface area contributed by atoms with Crippen molar-refractivity contribution in [3.63, 3.8) is 0 Å². The van der Waals surface area contributed by atoms with Crippen molar-refractivity contribution in [2.75, 3.05) is 39.5 Å². The van der Waals surface area contributed by atoms with Crippen molar-refractivity contribution in [2.24, 2.45) is 5.92 Å². The van der Waals surface area contributed by atoms with Gasteiger partial charge in [-0.3, -0.25) is 0 Å². The van der Waals surface area contributed by atoms with Gasteiger partial charge in [-0.2, -0.15) is 0 Å². The lowest BCUT2D eigenvalue weighted by Crippen LogP contribution is -2.56. The summed E-state index contributed by atoms with van der Waals surface area (Å²) in [7, 11) is 0. The van der Waals surface area contributed by atoms with Crippen molar-refractivity contribution in [3.8, 4) is 0 Å². The zero-order chi connectivity index (χ0) is 10.1. The summed E-state index contributed by atoms with van der Waals surface area (Å²) in [6.07, 6.45) is 0.792. The molecule has 4 rings (SSSR count). The molecule has 0 aromatic heterocycles. The van der Waals surface area contributed by atoms with Crippen LogP contribution in [0.15, 0.2) is 0 Å². The highest BCUT2D eigenvalue weighted by Crippen LogP contribution is 2.34. The van der Waals surface area contributed by atoms with E-state index in [2.05, 4.69) is 5.32 Å². The fraction of sp³-hybridized carbons (Fsp3) is 1.00. The summed E-state index contributed by atoms with van der Waals surface area (Å²) in [6.45, 7) is 4.78. The molecule has 1 N–H and O–H groups in total. The molecule has 0 aliphatic carbocycles. The third-order valence-electron chi connectivity index (χ3n) is 3.10. The molecule has 5 nitrogen and oxygen atoms in total. The van der Waals surface area contributed by atoms with Crippen molar-refractivity contribution in [1.82, 2.24) is 5.32 Å². The van der Waals surface area contributed by atoms with Gasteiger partial charge in [0, 0.05) is 19.0 Å². The van der Waals surface area contributed by atoms with Gasteiger partial charge in [-0.1, -0.05) is 0 Å². The van der Waals surface area contributed by atoms with Crippen molar-refractivity contribution in [1.29, 1.82) is 0 Å². The van der Waals surface area contributed by atoms with E-state index < -0.39 is 5.97 Å². The number of rotatable bonds is 2. The predicted octanol–water partition coefficient (Wildman–Crippen LogP) is -0.288. The quantitative estimate of drug-likeness (QED) is 0.686. The molecule has 1 unspecified atom stereocenters. The highest BCUT2D eigenvalue weighted by molar-refractivity contribution is 4.79. The van der Waals surface area contributed by atoms with Crippen molar-refractivity contribution in [2.45, 2.75) is 18.5 Å². The van der Waals surface area contributed by atoms with E-state index in [1.807, 2.05) is 0 Å². The average molecular weight is 215 g/mol. The maximum atomic E-state index is 5.62. The molecule has 4 saturated heterocycles. The Kier molecular flexibility index (Phi) is 2.66. The minimum atomic E-state index is -0.821. The van der Waals surface area contributed by atoms with E-state index in [9.17, 15) is 0 Å². The third-order valence-corrected chi connectivity index (χ3v) is 3.10. The van der Waals surface area contributed by atoms with Crippen LogP contribution in [0.2, 0.25) is 0 Å². The normalized spacial score (nSPS) is 45.6. The van der Waals surface area contributed by atoms with Gasteiger partial charge in [0.15, 0.2) is 0 Å². The number of hydrogen-bond acceptors (Lipinski definition) is 5. The molecule has 0 saturated carbocycles. The number of hydrogen-bond donors (Lipinski definition) is 1. The molecule has 15 heavy (non-hydrogen) atoms. The van der Waals surface area contributed by atoms with Gasteiger partial charge in [-0.25, -0.2) is 0 Å². The molecule has 4 heterocycles. The predicted molar refractivity (Wildman–Crippen MR) is 51.3 cm³/mol. The molecule has 1 atom stereocenters. The number of nitrogens with one attached hydrogen (secondary N) is 1. The van der Waals surface area contributed by atoms with E-state index in [1.165, 1.54) is 0 Å². The van der Waals surface area contributed by atoms with Gasteiger partial charge in [0.05, 0.1) is 39.0 Å². The summed E-state index contributed by atoms with van der Waals surface area (Å²) in [5.41, 5.74) is 0. The molecule has 0 aromatic carbocycles. The second-order valence-electron chi connectivity index (χ2n) is 4.38. The van der Waals surface area contributed by atoms with Gasteiger partial charge in [-0.05, 0) is 0 Å². The van der Waals surface area contributed by atoms with Gasteiger partial charge in [0.25, 0.3) is 5.97 Å². The van der Waals surface area contributed by atoms with Crippen LogP contribution in [0.3, 0.4) is 0 Å². The summed E-state index contributed by atoms with van der Waals surface area (Å²) in [5, 5.41) is 3.29. The van der Waals surface area contributed by atoms with Crippen molar-refractivity contribution < 1.29 is 18.9 Å². The van der Waals surface area contributed by atoms with E-state index in [0.717, 1.165) is 39.5 Å². The van der Waals surface area contributed by atoms with Crippen LogP contribution >= 0.6 is 0 Å².